The Morgan fingerprint density at radius 2 is 1.97 bits per heavy atom. The van der Waals surface area contributed by atoms with E-state index in [-0.39, 0.29) is 5.56 Å². The summed E-state index contributed by atoms with van der Waals surface area (Å²) in [5.74, 6) is 0. The van der Waals surface area contributed by atoms with E-state index in [4.69, 9.17) is 9.72 Å². The molecule has 0 atom stereocenters. The zero-order valence-corrected chi connectivity index (χ0v) is 18.0. The molecule has 0 fully saturated rings. The van der Waals surface area contributed by atoms with Crippen molar-refractivity contribution in [1.29, 1.82) is 0 Å². The molecule has 0 amide bonds. The summed E-state index contributed by atoms with van der Waals surface area (Å²) in [5.41, 5.74) is 7.97. The van der Waals surface area contributed by atoms with Gasteiger partial charge in [-0.2, -0.15) is 5.10 Å². The smallest absolute Gasteiger partial charge is 0.272 e. The van der Waals surface area contributed by atoms with Crippen molar-refractivity contribution in [2.75, 3.05) is 7.11 Å². The molecule has 4 aromatic rings. The molecule has 0 saturated carbocycles. The van der Waals surface area contributed by atoms with Crippen molar-refractivity contribution in [3.63, 3.8) is 0 Å². The molecule has 0 radical (unpaired) electrons. The lowest BCUT2D eigenvalue weighted by molar-refractivity contribution is 0.181. The van der Waals surface area contributed by atoms with Crippen LogP contribution < -0.4 is 5.56 Å². The second-order valence-corrected chi connectivity index (χ2v) is 8.31. The fourth-order valence-electron chi connectivity index (χ4n) is 4.50. The fourth-order valence-corrected chi connectivity index (χ4v) is 4.50. The van der Waals surface area contributed by atoms with E-state index in [2.05, 4.69) is 46.1 Å². The number of aryl methyl sites for hydroxylation is 4. The van der Waals surface area contributed by atoms with Gasteiger partial charge in [-0.15, -0.1) is 0 Å². The summed E-state index contributed by atoms with van der Waals surface area (Å²) in [6.45, 7) is 3.16. The van der Waals surface area contributed by atoms with E-state index in [1.165, 1.54) is 34.2 Å². The molecule has 5 rings (SSSR count). The quantitative estimate of drug-likeness (QED) is 0.521. The summed E-state index contributed by atoms with van der Waals surface area (Å²) in [6.07, 6.45) is 7.33. The van der Waals surface area contributed by atoms with Crippen LogP contribution in [0.5, 0.6) is 0 Å². The van der Waals surface area contributed by atoms with E-state index in [1.807, 2.05) is 6.20 Å². The number of hydrogen-bond acceptors (Lipinski definition) is 4. The highest BCUT2D eigenvalue weighted by Crippen LogP contribution is 2.28. The third kappa shape index (κ3) is 3.70. The Balaban J connectivity index is 1.53. The summed E-state index contributed by atoms with van der Waals surface area (Å²) >= 11 is 0. The normalized spacial score (nSPS) is 13.6. The second-order valence-electron chi connectivity index (χ2n) is 8.31. The van der Waals surface area contributed by atoms with Gasteiger partial charge in [0.25, 0.3) is 5.56 Å². The first-order valence-electron chi connectivity index (χ1n) is 10.9. The van der Waals surface area contributed by atoms with Crippen LogP contribution in [0.25, 0.3) is 16.8 Å². The molecule has 0 spiro atoms. The highest BCUT2D eigenvalue weighted by Gasteiger charge is 2.18. The van der Waals surface area contributed by atoms with Crippen LogP contribution in [0.4, 0.5) is 0 Å². The molecule has 31 heavy (non-hydrogen) atoms. The highest BCUT2D eigenvalue weighted by molar-refractivity contribution is 5.80. The maximum atomic E-state index is 12.9. The van der Waals surface area contributed by atoms with Crippen LogP contribution in [0, 0.1) is 6.92 Å². The molecule has 0 saturated heterocycles. The van der Waals surface area contributed by atoms with Gasteiger partial charge >= 0.3 is 0 Å². The zero-order chi connectivity index (χ0) is 21.4. The number of benzene rings is 1. The average molecular weight is 418 g/mol. The van der Waals surface area contributed by atoms with Crippen molar-refractivity contribution in [3.05, 3.63) is 75.1 Å². The maximum absolute atomic E-state index is 12.9. The Kier molecular flexibility index (Phi) is 5.19. The SMILES string of the molecule is COCc1[nH]n2c(=O)cc(CCn3ncc4c3CCCC4)nc2c1-c1ccc(C)cc1. The molecule has 160 valence electrons. The molecule has 0 bridgehead atoms. The van der Waals surface area contributed by atoms with E-state index in [9.17, 15) is 4.79 Å². The van der Waals surface area contributed by atoms with Gasteiger partial charge in [-0.3, -0.25) is 14.6 Å². The molecular formula is C24H27N5O2. The molecule has 1 aliphatic rings. The minimum absolute atomic E-state index is 0.113. The maximum Gasteiger partial charge on any atom is 0.272 e. The molecule has 7 nitrogen and oxygen atoms in total. The predicted molar refractivity (Wildman–Crippen MR) is 119 cm³/mol. The third-order valence-electron chi connectivity index (χ3n) is 6.10. The van der Waals surface area contributed by atoms with Crippen LogP contribution in [0.2, 0.25) is 0 Å². The molecule has 3 heterocycles. The topological polar surface area (TPSA) is 77.2 Å². The van der Waals surface area contributed by atoms with Crippen molar-refractivity contribution >= 4 is 5.65 Å². The number of nitrogens with one attached hydrogen (secondary N) is 1. The number of rotatable bonds is 6. The van der Waals surface area contributed by atoms with Crippen molar-refractivity contribution in [3.8, 4) is 11.1 Å². The van der Waals surface area contributed by atoms with E-state index < -0.39 is 0 Å². The molecule has 7 heteroatoms. The van der Waals surface area contributed by atoms with Crippen molar-refractivity contribution in [1.82, 2.24) is 24.4 Å². The van der Waals surface area contributed by atoms with Gasteiger partial charge in [-0.1, -0.05) is 29.8 Å². The number of aromatic amines is 1. The van der Waals surface area contributed by atoms with E-state index in [1.54, 1.807) is 13.2 Å². The van der Waals surface area contributed by atoms with Gasteiger partial charge < -0.3 is 4.74 Å². The van der Waals surface area contributed by atoms with Gasteiger partial charge in [0.1, 0.15) is 0 Å². The fraction of sp³-hybridized carbons (Fsp3) is 0.375. The number of methoxy groups -OCH3 is 1. The Bertz CT molecular complexity index is 1280. The first kappa shape index (κ1) is 19.8. The van der Waals surface area contributed by atoms with Gasteiger partial charge in [0, 0.05) is 37.4 Å². The molecule has 1 aliphatic carbocycles. The summed E-state index contributed by atoms with van der Waals surface area (Å²) in [7, 11) is 1.65. The van der Waals surface area contributed by atoms with Gasteiger partial charge in [0.15, 0.2) is 5.65 Å². The average Bonchev–Trinajstić information content (AvgIpc) is 3.35. The van der Waals surface area contributed by atoms with Crippen molar-refractivity contribution < 1.29 is 4.74 Å². The molecule has 0 aliphatic heterocycles. The van der Waals surface area contributed by atoms with E-state index in [0.29, 0.717) is 18.7 Å². The Labute approximate surface area is 180 Å². The van der Waals surface area contributed by atoms with Crippen LogP contribution in [0.3, 0.4) is 0 Å². The number of hydrogen-bond donors (Lipinski definition) is 1. The Morgan fingerprint density at radius 3 is 2.77 bits per heavy atom. The van der Waals surface area contributed by atoms with Crippen LogP contribution in [0.15, 0.2) is 41.3 Å². The molecule has 1 N–H and O–H groups in total. The van der Waals surface area contributed by atoms with Gasteiger partial charge in [0.05, 0.1) is 24.2 Å². The zero-order valence-electron chi connectivity index (χ0n) is 18.0. The molecule has 3 aromatic heterocycles. The van der Waals surface area contributed by atoms with E-state index >= 15 is 0 Å². The summed E-state index contributed by atoms with van der Waals surface area (Å²) in [6, 6.07) is 9.88. The molecular weight excluding hydrogens is 390 g/mol. The Morgan fingerprint density at radius 1 is 1.16 bits per heavy atom. The number of aromatic nitrogens is 5. The number of ether oxygens (including phenoxy) is 1. The minimum Gasteiger partial charge on any atom is -0.378 e. The van der Waals surface area contributed by atoms with Crippen LogP contribution >= 0.6 is 0 Å². The molecule has 1 aromatic carbocycles. The Hall–Kier alpha value is -3.19. The van der Waals surface area contributed by atoms with Gasteiger partial charge in [-0.05, 0) is 43.7 Å². The largest absolute Gasteiger partial charge is 0.378 e. The third-order valence-corrected chi connectivity index (χ3v) is 6.10. The lowest BCUT2D eigenvalue weighted by Crippen LogP contribution is -2.17. The monoisotopic (exact) mass is 417 g/mol. The van der Waals surface area contributed by atoms with Gasteiger partial charge in [-0.25, -0.2) is 9.50 Å². The first-order valence-corrected chi connectivity index (χ1v) is 10.9. The van der Waals surface area contributed by atoms with Gasteiger partial charge in [0.2, 0.25) is 0 Å². The highest BCUT2D eigenvalue weighted by atomic mass is 16.5. The predicted octanol–water partition coefficient (Wildman–Crippen LogP) is 3.46. The van der Waals surface area contributed by atoms with Crippen LogP contribution in [0.1, 0.15) is 41.1 Å². The van der Waals surface area contributed by atoms with Crippen LogP contribution in [-0.4, -0.2) is 31.5 Å². The molecule has 0 unspecified atom stereocenters. The first-order chi connectivity index (χ1) is 15.1. The second kappa shape index (κ2) is 8.15. The van der Waals surface area contributed by atoms with Crippen LogP contribution in [-0.2, 0) is 37.2 Å². The standard InChI is InChI=1S/C24H27N5O2/c1-16-7-9-17(10-8-16)23-20(15-31-2)27-29-22(30)13-19(26-24(23)29)11-12-28-21-6-4-3-5-18(21)14-25-28/h7-10,13-14,27H,3-6,11-12,15H2,1-2H3. The summed E-state index contributed by atoms with van der Waals surface area (Å²) in [5, 5.41) is 7.77. The lowest BCUT2D eigenvalue weighted by atomic mass is 9.98. The number of H-pyrrole nitrogens is 1. The van der Waals surface area contributed by atoms with E-state index in [0.717, 1.165) is 41.9 Å². The minimum atomic E-state index is -0.113. The van der Waals surface area contributed by atoms with Crippen molar-refractivity contribution in [2.45, 2.75) is 52.2 Å². The summed E-state index contributed by atoms with van der Waals surface area (Å²) in [4.78, 5) is 17.8. The van der Waals surface area contributed by atoms with Crippen molar-refractivity contribution in [2.24, 2.45) is 0 Å². The lowest BCUT2D eigenvalue weighted by Gasteiger charge is -2.13. The number of nitrogens with zero attached hydrogens (tertiary/aromatic N) is 4. The summed E-state index contributed by atoms with van der Waals surface area (Å²) < 4.78 is 8.98. The number of fused-ring (bicyclic) bond motifs is 2.